The Morgan fingerprint density at radius 1 is 1.17 bits per heavy atom. The van der Waals surface area contributed by atoms with Gasteiger partial charge in [-0.3, -0.25) is 0 Å². The summed E-state index contributed by atoms with van der Waals surface area (Å²) in [6.45, 7) is 0.715. The molecule has 158 valence electrons. The molecule has 2 aromatic rings. The number of aliphatic hydroxyl groups is 1. The largest absolute Gasteiger partial charge is 0.394 e. The predicted molar refractivity (Wildman–Crippen MR) is 117 cm³/mol. The van der Waals surface area contributed by atoms with Crippen LogP contribution < -0.4 is 10.0 Å². The molecule has 0 amide bonds. The highest BCUT2D eigenvalue weighted by Gasteiger charge is 2.27. The number of anilines is 1. The van der Waals surface area contributed by atoms with Gasteiger partial charge in [0, 0.05) is 23.7 Å². The van der Waals surface area contributed by atoms with Gasteiger partial charge in [0.15, 0.2) is 0 Å². The van der Waals surface area contributed by atoms with E-state index in [0.717, 1.165) is 17.7 Å². The second-order valence-electron chi connectivity index (χ2n) is 6.84. The third-order valence-electron chi connectivity index (χ3n) is 4.78. The van der Waals surface area contributed by atoms with Crippen molar-refractivity contribution in [2.45, 2.75) is 41.4 Å². The first-order chi connectivity index (χ1) is 13.9. The van der Waals surface area contributed by atoms with Crippen molar-refractivity contribution in [2.75, 3.05) is 24.7 Å². The van der Waals surface area contributed by atoms with Crippen molar-refractivity contribution in [1.82, 2.24) is 4.72 Å². The third-order valence-corrected chi connectivity index (χ3v) is 7.43. The van der Waals surface area contributed by atoms with Gasteiger partial charge in [-0.2, -0.15) is 0 Å². The number of hydrogen-bond acceptors (Lipinski definition) is 6. The van der Waals surface area contributed by atoms with Gasteiger partial charge >= 0.3 is 0 Å². The molecule has 9 heteroatoms. The van der Waals surface area contributed by atoms with Gasteiger partial charge in [0.2, 0.25) is 10.0 Å². The smallest absolute Gasteiger partial charge is 0.242 e. The number of aliphatic hydroxyl groups excluding tert-OH is 1. The van der Waals surface area contributed by atoms with Crippen LogP contribution in [-0.4, -0.2) is 45.1 Å². The second-order valence-corrected chi connectivity index (χ2v) is 9.86. The number of sulfonamides is 1. The molecule has 3 N–H and O–H groups in total. The molecule has 1 aliphatic rings. The minimum Gasteiger partial charge on any atom is -0.394 e. The van der Waals surface area contributed by atoms with E-state index >= 15 is 0 Å². The maximum absolute atomic E-state index is 12.6. The second kappa shape index (κ2) is 10.1. The van der Waals surface area contributed by atoms with Gasteiger partial charge in [-0.15, -0.1) is 11.8 Å². The highest BCUT2D eigenvalue weighted by atomic mass is 35.5. The van der Waals surface area contributed by atoms with Gasteiger partial charge < -0.3 is 15.2 Å². The molecule has 1 fully saturated rings. The number of thioether (sulfide) groups is 1. The Morgan fingerprint density at radius 2 is 1.90 bits per heavy atom. The minimum atomic E-state index is -3.75. The van der Waals surface area contributed by atoms with Gasteiger partial charge in [-0.1, -0.05) is 23.7 Å². The van der Waals surface area contributed by atoms with Gasteiger partial charge in [0.05, 0.1) is 23.8 Å². The number of benzene rings is 2. The molecule has 3 rings (SSSR count). The topological polar surface area (TPSA) is 87.7 Å². The van der Waals surface area contributed by atoms with Crippen molar-refractivity contribution in [3.8, 4) is 0 Å². The molecular weight excluding hydrogens is 432 g/mol. The molecule has 0 radical (unpaired) electrons. The minimum absolute atomic E-state index is 0.0331. The molecule has 0 aromatic heterocycles. The summed E-state index contributed by atoms with van der Waals surface area (Å²) in [5.41, 5.74) is 1.86. The molecular formula is C20H25ClN2O4S2. The van der Waals surface area contributed by atoms with E-state index in [1.807, 2.05) is 6.26 Å². The van der Waals surface area contributed by atoms with Gasteiger partial charge in [-0.05, 0) is 55.0 Å². The van der Waals surface area contributed by atoms with Crippen LogP contribution in [0.15, 0.2) is 52.3 Å². The Kier molecular flexibility index (Phi) is 7.84. The van der Waals surface area contributed by atoms with Crippen molar-refractivity contribution in [3.05, 3.63) is 53.1 Å². The number of rotatable bonds is 9. The Hall–Kier alpha value is -1.29. The SMILES string of the molecule is CSc1ccc(CNc2ccc(S(=O)(=O)NC[C@@H]3CC[C@H](CO)O3)c(Cl)c2)cc1. The lowest BCUT2D eigenvalue weighted by molar-refractivity contribution is 0.0144. The van der Waals surface area contributed by atoms with Crippen LogP contribution in [0.4, 0.5) is 5.69 Å². The third kappa shape index (κ3) is 6.10. The summed E-state index contributed by atoms with van der Waals surface area (Å²) < 4.78 is 33.3. The Labute approximate surface area is 181 Å². The summed E-state index contributed by atoms with van der Waals surface area (Å²) in [5.74, 6) is 0. The molecule has 6 nitrogen and oxygen atoms in total. The van der Waals surface area contributed by atoms with Gasteiger partial charge in [-0.25, -0.2) is 13.1 Å². The molecule has 2 atom stereocenters. The van der Waals surface area contributed by atoms with E-state index in [0.29, 0.717) is 13.0 Å². The molecule has 0 unspecified atom stereocenters. The fourth-order valence-corrected chi connectivity index (χ4v) is 5.14. The molecule has 0 aliphatic carbocycles. The molecule has 1 aliphatic heterocycles. The zero-order valence-corrected chi connectivity index (χ0v) is 18.5. The van der Waals surface area contributed by atoms with E-state index in [1.165, 1.54) is 11.0 Å². The normalized spacial score (nSPS) is 19.4. The Balaban J connectivity index is 1.58. The Bertz CT molecular complexity index is 923. The number of ether oxygens (including phenoxy) is 1. The van der Waals surface area contributed by atoms with Crippen LogP contribution in [0.3, 0.4) is 0 Å². The van der Waals surface area contributed by atoms with Crippen LogP contribution >= 0.6 is 23.4 Å². The van der Waals surface area contributed by atoms with Crippen molar-refractivity contribution in [3.63, 3.8) is 0 Å². The molecule has 0 saturated carbocycles. The van der Waals surface area contributed by atoms with E-state index < -0.39 is 10.0 Å². The molecule has 1 heterocycles. The average Bonchev–Trinajstić information content (AvgIpc) is 3.19. The molecule has 29 heavy (non-hydrogen) atoms. The highest BCUT2D eigenvalue weighted by molar-refractivity contribution is 7.98. The van der Waals surface area contributed by atoms with Crippen LogP contribution in [0.25, 0.3) is 0 Å². The summed E-state index contributed by atoms with van der Waals surface area (Å²) in [6.07, 6.45) is 3.02. The fraction of sp³-hybridized carbons (Fsp3) is 0.400. The predicted octanol–water partition coefficient (Wildman–Crippen LogP) is 3.49. The fourth-order valence-electron chi connectivity index (χ4n) is 3.12. The van der Waals surface area contributed by atoms with Crippen LogP contribution in [0.5, 0.6) is 0 Å². The first-order valence-corrected chi connectivity index (χ1v) is 12.4. The molecule has 2 aromatic carbocycles. The van der Waals surface area contributed by atoms with Crippen LogP contribution in [0.2, 0.25) is 5.02 Å². The number of nitrogens with one attached hydrogen (secondary N) is 2. The molecule has 0 bridgehead atoms. The van der Waals surface area contributed by atoms with E-state index in [4.69, 9.17) is 21.4 Å². The van der Waals surface area contributed by atoms with Crippen molar-refractivity contribution in [2.24, 2.45) is 0 Å². The van der Waals surface area contributed by atoms with Gasteiger partial charge in [0.25, 0.3) is 0 Å². The van der Waals surface area contributed by atoms with E-state index in [1.54, 1.807) is 23.9 Å². The van der Waals surface area contributed by atoms with Crippen molar-refractivity contribution < 1.29 is 18.3 Å². The van der Waals surface area contributed by atoms with Crippen LogP contribution in [0, 0.1) is 0 Å². The zero-order chi connectivity index (χ0) is 20.9. The zero-order valence-electron chi connectivity index (χ0n) is 16.1. The van der Waals surface area contributed by atoms with Gasteiger partial charge in [0.1, 0.15) is 4.90 Å². The Morgan fingerprint density at radius 3 is 2.52 bits per heavy atom. The standard InChI is InChI=1S/C20H25ClN2O4S2/c1-28-18-7-2-14(3-8-18)11-22-15-4-9-20(19(21)10-15)29(25,26)23-12-16-5-6-17(13-24)27-16/h2-4,7-10,16-17,22-24H,5-6,11-13H2,1H3/t16-,17+/m0/s1. The van der Waals surface area contributed by atoms with Crippen LogP contribution in [-0.2, 0) is 21.3 Å². The lowest BCUT2D eigenvalue weighted by atomic mass is 10.2. The van der Waals surface area contributed by atoms with E-state index in [-0.39, 0.29) is 35.3 Å². The summed E-state index contributed by atoms with van der Waals surface area (Å²) in [6, 6.07) is 13.0. The van der Waals surface area contributed by atoms with E-state index in [9.17, 15) is 8.42 Å². The van der Waals surface area contributed by atoms with Crippen molar-refractivity contribution in [1.29, 1.82) is 0 Å². The first-order valence-electron chi connectivity index (χ1n) is 9.33. The maximum Gasteiger partial charge on any atom is 0.242 e. The maximum atomic E-state index is 12.6. The lowest BCUT2D eigenvalue weighted by Gasteiger charge is -2.14. The summed E-state index contributed by atoms with van der Waals surface area (Å²) in [4.78, 5) is 1.24. The van der Waals surface area contributed by atoms with Crippen molar-refractivity contribution >= 4 is 39.1 Å². The highest BCUT2D eigenvalue weighted by Crippen LogP contribution is 2.26. The number of halogens is 1. The van der Waals surface area contributed by atoms with E-state index in [2.05, 4.69) is 34.3 Å². The number of hydrogen-bond donors (Lipinski definition) is 3. The molecule has 0 spiro atoms. The summed E-state index contributed by atoms with van der Waals surface area (Å²) in [7, 11) is -3.75. The first kappa shape index (κ1) is 22.4. The quantitative estimate of drug-likeness (QED) is 0.500. The lowest BCUT2D eigenvalue weighted by Crippen LogP contribution is -2.32. The van der Waals surface area contributed by atoms with Crippen LogP contribution in [0.1, 0.15) is 18.4 Å². The molecule has 1 saturated heterocycles. The summed E-state index contributed by atoms with van der Waals surface area (Å²) >= 11 is 7.94. The average molecular weight is 457 g/mol. The summed E-state index contributed by atoms with van der Waals surface area (Å²) in [5, 5.41) is 12.5. The monoisotopic (exact) mass is 456 g/mol.